The number of amides is 2. The predicted molar refractivity (Wildman–Crippen MR) is 90.6 cm³/mol. The number of nitrogens with zero attached hydrogens (tertiary/aromatic N) is 3. The molecule has 0 aliphatic carbocycles. The summed E-state index contributed by atoms with van der Waals surface area (Å²) in [6.07, 6.45) is -3.00. The lowest BCUT2D eigenvalue weighted by molar-refractivity contribution is -0.141. The standard InChI is InChI=1S/C16H13F3N6O/c1-8-4-10-5-11(3-2-9(10)7-21-8)22-15(26)25-14-23-12(16(17,18)19)6-13(20)24-14/h2-7H,1H3,(H4,20,22,23,24,25,26). The zero-order valence-corrected chi connectivity index (χ0v) is 13.4. The number of nitrogen functional groups attached to an aromatic ring is 1. The lowest BCUT2D eigenvalue weighted by atomic mass is 10.1. The Kier molecular flexibility index (Phi) is 4.33. The van der Waals surface area contributed by atoms with Crippen LogP contribution in [0.5, 0.6) is 0 Å². The van der Waals surface area contributed by atoms with Crippen molar-refractivity contribution in [3.05, 3.63) is 47.9 Å². The first-order valence-corrected chi connectivity index (χ1v) is 7.37. The minimum absolute atomic E-state index is 0.406. The van der Waals surface area contributed by atoms with E-state index in [0.29, 0.717) is 11.8 Å². The fourth-order valence-corrected chi connectivity index (χ4v) is 2.26. The number of nitrogens with two attached hydrogens (primary N) is 1. The van der Waals surface area contributed by atoms with Crippen LogP contribution in [0.15, 0.2) is 36.5 Å². The summed E-state index contributed by atoms with van der Waals surface area (Å²) >= 11 is 0. The molecule has 2 amide bonds. The van der Waals surface area contributed by atoms with Crippen molar-refractivity contribution in [3.63, 3.8) is 0 Å². The number of hydrogen-bond donors (Lipinski definition) is 3. The van der Waals surface area contributed by atoms with Crippen LogP contribution in [0.25, 0.3) is 10.8 Å². The SMILES string of the molecule is Cc1cc2cc(NC(=O)Nc3nc(N)cc(C(F)(F)F)n3)ccc2cn1. The van der Waals surface area contributed by atoms with Gasteiger partial charge in [-0.1, -0.05) is 6.07 Å². The maximum Gasteiger partial charge on any atom is 0.433 e. The number of halogens is 3. The quantitative estimate of drug-likeness (QED) is 0.646. The maximum atomic E-state index is 12.7. The number of pyridine rings is 1. The molecule has 0 fully saturated rings. The molecule has 2 heterocycles. The fraction of sp³-hybridized carbons (Fsp3) is 0.125. The van der Waals surface area contributed by atoms with Gasteiger partial charge in [0.15, 0.2) is 5.69 Å². The molecule has 0 aliphatic rings. The molecular formula is C16H13F3N6O. The van der Waals surface area contributed by atoms with Crippen molar-refractivity contribution >= 4 is 34.3 Å². The summed E-state index contributed by atoms with van der Waals surface area (Å²) in [5.41, 5.74) is 5.35. The topological polar surface area (TPSA) is 106 Å². The molecule has 0 saturated heterocycles. The number of rotatable bonds is 2. The first-order valence-electron chi connectivity index (χ1n) is 7.37. The number of aromatic nitrogens is 3. The van der Waals surface area contributed by atoms with E-state index in [4.69, 9.17) is 5.73 Å². The van der Waals surface area contributed by atoms with Gasteiger partial charge in [-0.3, -0.25) is 10.3 Å². The van der Waals surface area contributed by atoms with Gasteiger partial charge in [-0.05, 0) is 30.5 Å². The van der Waals surface area contributed by atoms with Gasteiger partial charge < -0.3 is 11.1 Å². The van der Waals surface area contributed by atoms with E-state index in [9.17, 15) is 18.0 Å². The minimum Gasteiger partial charge on any atom is -0.384 e. The van der Waals surface area contributed by atoms with Crippen molar-refractivity contribution in [2.75, 3.05) is 16.4 Å². The molecule has 7 nitrogen and oxygen atoms in total. The summed E-state index contributed by atoms with van der Waals surface area (Å²) in [5.74, 6) is -0.952. The van der Waals surface area contributed by atoms with E-state index >= 15 is 0 Å². The van der Waals surface area contributed by atoms with Crippen molar-refractivity contribution < 1.29 is 18.0 Å². The third-order valence-electron chi connectivity index (χ3n) is 3.38. The summed E-state index contributed by atoms with van der Waals surface area (Å²) in [7, 11) is 0. The summed E-state index contributed by atoms with van der Waals surface area (Å²) < 4.78 is 38.2. The first kappa shape index (κ1) is 17.4. The molecule has 2 aromatic heterocycles. The molecule has 0 atom stereocenters. The third-order valence-corrected chi connectivity index (χ3v) is 3.38. The largest absolute Gasteiger partial charge is 0.433 e. The average molecular weight is 362 g/mol. The van der Waals surface area contributed by atoms with E-state index in [1.807, 2.05) is 13.0 Å². The van der Waals surface area contributed by atoms with Crippen LogP contribution in [0, 0.1) is 6.92 Å². The van der Waals surface area contributed by atoms with Gasteiger partial charge in [-0.2, -0.15) is 18.2 Å². The number of urea groups is 1. The molecule has 0 aliphatic heterocycles. The Hall–Kier alpha value is -3.43. The highest BCUT2D eigenvalue weighted by molar-refractivity contribution is 6.00. The summed E-state index contributed by atoms with van der Waals surface area (Å²) in [6, 6.07) is 6.74. The molecule has 3 rings (SSSR count). The molecule has 0 unspecified atom stereocenters. The Morgan fingerprint density at radius 1 is 1.08 bits per heavy atom. The van der Waals surface area contributed by atoms with Crippen molar-refractivity contribution in [1.29, 1.82) is 0 Å². The molecule has 0 radical (unpaired) electrons. The molecule has 134 valence electrons. The van der Waals surface area contributed by atoms with Gasteiger partial charge in [-0.25, -0.2) is 9.78 Å². The monoisotopic (exact) mass is 362 g/mol. The number of alkyl halides is 3. The molecule has 0 bridgehead atoms. The van der Waals surface area contributed by atoms with Crippen molar-refractivity contribution in [2.45, 2.75) is 13.1 Å². The number of benzene rings is 1. The van der Waals surface area contributed by atoms with E-state index in [2.05, 4.69) is 25.6 Å². The van der Waals surface area contributed by atoms with Gasteiger partial charge in [-0.15, -0.1) is 0 Å². The Morgan fingerprint density at radius 3 is 2.58 bits per heavy atom. The van der Waals surface area contributed by atoms with E-state index in [-0.39, 0.29) is 0 Å². The fourth-order valence-electron chi connectivity index (χ4n) is 2.26. The number of fused-ring (bicyclic) bond motifs is 1. The van der Waals surface area contributed by atoms with E-state index in [1.165, 1.54) is 0 Å². The van der Waals surface area contributed by atoms with E-state index < -0.39 is 29.7 Å². The first-order chi connectivity index (χ1) is 12.2. The van der Waals surface area contributed by atoms with Crippen LogP contribution in [-0.4, -0.2) is 21.0 Å². The number of anilines is 3. The number of aryl methyl sites for hydroxylation is 1. The normalized spacial score (nSPS) is 11.4. The zero-order valence-electron chi connectivity index (χ0n) is 13.4. The molecule has 4 N–H and O–H groups in total. The van der Waals surface area contributed by atoms with Crippen LogP contribution in [0.1, 0.15) is 11.4 Å². The third kappa shape index (κ3) is 3.97. The molecule has 26 heavy (non-hydrogen) atoms. The summed E-state index contributed by atoms with van der Waals surface area (Å²) in [6.45, 7) is 1.83. The Balaban J connectivity index is 1.78. The van der Waals surface area contributed by atoms with Gasteiger partial charge >= 0.3 is 12.2 Å². The highest BCUT2D eigenvalue weighted by Gasteiger charge is 2.33. The van der Waals surface area contributed by atoms with Crippen LogP contribution in [-0.2, 0) is 6.18 Å². The predicted octanol–water partition coefficient (Wildman–Crippen LogP) is 3.58. The van der Waals surface area contributed by atoms with Gasteiger partial charge in [0.1, 0.15) is 5.82 Å². The highest BCUT2D eigenvalue weighted by Crippen LogP contribution is 2.29. The molecule has 0 saturated carbocycles. The number of hydrogen-bond acceptors (Lipinski definition) is 5. The lowest BCUT2D eigenvalue weighted by Crippen LogP contribution is -2.22. The molecule has 3 aromatic rings. The summed E-state index contributed by atoms with van der Waals surface area (Å²) in [4.78, 5) is 23.0. The minimum atomic E-state index is -4.70. The second-order valence-corrected chi connectivity index (χ2v) is 5.47. The molecule has 1 aromatic carbocycles. The maximum absolute atomic E-state index is 12.7. The van der Waals surface area contributed by atoms with E-state index in [1.54, 1.807) is 24.4 Å². The Morgan fingerprint density at radius 2 is 1.85 bits per heavy atom. The molecular weight excluding hydrogens is 349 g/mol. The highest BCUT2D eigenvalue weighted by atomic mass is 19.4. The van der Waals surface area contributed by atoms with Crippen LogP contribution >= 0.6 is 0 Å². The van der Waals surface area contributed by atoms with Crippen LogP contribution < -0.4 is 16.4 Å². The zero-order chi connectivity index (χ0) is 18.9. The van der Waals surface area contributed by atoms with Gasteiger partial charge in [0, 0.05) is 29.0 Å². The average Bonchev–Trinajstić information content (AvgIpc) is 2.53. The number of nitrogens with one attached hydrogen (secondary N) is 2. The summed E-state index contributed by atoms with van der Waals surface area (Å²) in [5, 5.41) is 6.39. The van der Waals surface area contributed by atoms with E-state index in [0.717, 1.165) is 16.5 Å². The number of carbonyl (C=O) groups is 1. The molecule has 10 heteroatoms. The van der Waals surface area contributed by atoms with Crippen LogP contribution in [0.2, 0.25) is 0 Å². The second-order valence-electron chi connectivity index (χ2n) is 5.47. The van der Waals surface area contributed by atoms with Gasteiger partial charge in [0.05, 0.1) is 0 Å². The van der Waals surface area contributed by atoms with Gasteiger partial charge in [0.2, 0.25) is 5.95 Å². The van der Waals surface area contributed by atoms with Crippen molar-refractivity contribution in [1.82, 2.24) is 15.0 Å². The number of carbonyl (C=O) groups excluding carboxylic acids is 1. The van der Waals surface area contributed by atoms with Crippen LogP contribution in [0.4, 0.5) is 35.4 Å². The van der Waals surface area contributed by atoms with Gasteiger partial charge in [0.25, 0.3) is 0 Å². The van der Waals surface area contributed by atoms with Crippen LogP contribution in [0.3, 0.4) is 0 Å². The lowest BCUT2D eigenvalue weighted by Gasteiger charge is -2.10. The Bertz CT molecular complexity index is 989. The van der Waals surface area contributed by atoms with Crippen molar-refractivity contribution in [2.24, 2.45) is 0 Å². The second kappa shape index (κ2) is 6.47. The Labute approximate surface area is 145 Å². The smallest absolute Gasteiger partial charge is 0.384 e. The molecule has 0 spiro atoms. The van der Waals surface area contributed by atoms with Crippen molar-refractivity contribution in [3.8, 4) is 0 Å².